The fraction of sp³-hybridized carbons (Fsp3) is 0.353. The summed E-state index contributed by atoms with van der Waals surface area (Å²) >= 11 is 0. The van der Waals surface area contributed by atoms with E-state index < -0.39 is 0 Å². The fourth-order valence-electron chi connectivity index (χ4n) is 5.28. The van der Waals surface area contributed by atoms with Crippen LogP contribution in [0, 0.1) is 0 Å². The van der Waals surface area contributed by atoms with E-state index in [0.29, 0.717) is 0 Å². The van der Waals surface area contributed by atoms with Crippen LogP contribution in [0.3, 0.4) is 0 Å². The lowest BCUT2D eigenvalue weighted by Crippen LogP contribution is -2.22. The number of hydrogen-bond donors (Lipinski definition) is 1. The van der Waals surface area contributed by atoms with Gasteiger partial charge >= 0.3 is 0 Å². The largest absolute Gasteiger partial charge is 0.388 e. The summed E-state index contributed by atoms with van der Waals surface area (Å²) in [5.41, 5.74) is 7.70. The highest BCUT2D eigenvalue weighted by atomic mass is 15.1. The Morgan fingerprint density at radius 2 is 1.00 bits per heavy atom. The van der Waals surface area contributed by atoms with Crippen molar-refractivity contribution in [3.05, 3.63) is 102 Å². The van der Waals surface area contributed by atoms with E-state index in [2.05, 4.69) is 128 Å². The zero-order valence-corrected chi connectivity index (χ0v) is 23.9. The second-order valence-corrected chi connectivity index (χ2v) is 8.96. The maximum absolute atomic E-state index is 3.37. The summed E-state index contributed by atoms with van der Waals surface area (Å²) in [7, 11) is 2.00. The first-order valence-corrected chi connectivity index (χ1v) is 14.0. The van der Waals surface area contributed by atoms with Gasteiger partial charge in [-0.15, -0.1) is 0 Å². The predicted octanol–water partition coefficient (Wildman–Crippen LogP) is 8.78. The number of rotatable bonds is 10. The number of hydrogen-bond acceptors (Lipinski definition) is 3. The summed E-state index contributed by atoms with van der Waals surface area (Å²) in [5, 5.41) is 5.93. The first kappa shape index (κ1) is 28.1. The second kappa shape index (κ2) is 13.7. The number of nitrogens with zero attached hydrogens (tertiary/aromatic N) is 2. The van der Waals surface area contributed by atoms with Gasteiger partial charge in [-0.25, -0.2) is 0 Å². The number of nitrogens with one attached hydrogen (secondary N) is 1. The van der Waals surface area contributed by atoms with Crippen molar-refractivity contribution >= 4 is 27.8 Å². The van der Waals surface area contributed by atoms with Crippen molar-refractivity contribution < 1.29 is 0 Å². The highest BCUT2D eigenvalue weighted by molar-refractivity contribution is 5.97. The lowest BCUT2D eigenvalue weighted by atomic mass is 9.82. The van der Waals surface area contributed by atoms with Crippen molar-refractivity contribution in [1.29, 1.82) is 0 Å². The van der Waals surface area contributed by atoms with Crippen LogP contribution in [0.4, 0.5) is 17.1 Å². The maximum Gasteiger partial charge on any atom is 0.0417 e. The third-order valence-corrected chi connectivity index (χ3v) is 7.25. The van der Waals surface area contributed by atoms with Gasteiger partial charge in [-0.1, -0.05) is 68.4 Å². The summed E-state index contributed by atoms with van der Waals surface area (Å²) in [6, 6.07) is 31.7. The summed E-state index contributed by atoms with van der Waals surface area (Å²) in [6.45, 7) is 16.9. The molecule has 4 rings (SSSR count). The molecular weight excluding hydrogens is 450 g/mol. The van der Waals surface area contributed by atoms with Crippen molar-refractivity contribution in [2.24, 2.45) is 0 Å². The first-order chi connectivity index (χ1) is 18.1. The molecule has 0 spiro atoms. The van der Waals surface area contributed by atoms with Gasteiger partial charge in [0.05, 0.1) is 0 Å². The lowest BCUT2D eigenvalue weighted by molar-refractivity contribution is 0.863. The molecule has 0 fully saturated rings. The van der Waals surface area contributed by atoms with Gasteiger partial charge in [0, 0.05) is 61.6 Å². The molecule has 37 heavy (non-hydrogen) atoms. The van der Waals surface area contributed by atoms with Crippen LogP contribution in [0.5, 0.6) is 0 Å². The minimum Gasteiger partial charge on any atom is -0.388 e. The summed E-state index contributed by atoms with van der Waals surface area (Å²) in [5.74, 6) is 0.155. The summed E-state index contributed by atoms with van der Waals surface area (Å²) in [4.78, 5) is 4.80. The molecule has 0 saturated carbocycles. The summed E-state index contributed by atoms with van der Waals surface area (Å²) < 4.78 is 0. The van der Waals surface area contributed by atoms with Crippen LogP contribution < -0.4 is 15.1 Å². The van der Waals surface area contributed by atoms with Crippen molar-refractivity contribution in [1.82, 2.24) is 0 Å². The van der Waals surface area contributed by atoms with E-state index in [9.17, 15) is 0 Å². The highest BCUT2D eigenvalue weighted by Crippen LogP contribution is 2.39. The molecule has 3 heteroatoms. The van der Waals surface area contributed by atoms with E-state index in [0.717, 1.165) is 31.9 Å². The third-order valence-electron chi connectivity index (χ3n) is 7.25. The molecule has 4 aromatic carbocycles. The maximum atomic E-state index is 3.37. The monoisotopic (exact) mass is 495 g/mol. The Kier molecular flexibility index (Phi) is 10.4. The Morgan fingerprint density at radius 1 is 0.568 bits per heavy atom. The smallest absolute Gasteiger partial charge is 0.0417 e. The molecule has 0 amide bonds. The number of fused-ring (bicyclic) bond motifs is 1. The topological polar surface area (TPSA) is 18.5 Å². The van der Waals surface area contributed by atoms with Crippen LogP contribution in [0.2, 0.25) is 0 Å². The zero-order valence-electron chi connectivity index (χ0n) is 23.9. The Bertz CT molecular complexity index is 1160. The average molecular weight is 496 g/mol. The number of anilines is 3. The van der Waals surface area contributed by atoms with Crippen LogP contribution in [0.1, 0.15) is 64.2 Å². The van der Waals surface area contributed by atoms with E-state index in [1.807, 2.05) is 20.9 Å². The van der Waals surface area contributed by atoms with Crippen molar-refractivity contribution in [2.45, 2.75) is 47.5 Å². The van der Waals surface area contributed by atoms with Crippen molar-refractivity contribution in [2.75, 3.05) is 48.3 Å². The van der Waals surface area contributed by atoms with E-state index in [4.69, 9.17) is 0 Å². The second-order valence-electron chi connectivity index (χ2n) is 8.96. The van der Waals surface area contributed by atoms with Gasteiger partial charge in [0.1, 0.15) is 0 Å². The molecule has 0 aliphatic carbocycles. The number of benzene rings is 4. The van der Waals surface area contributed by atoms with E-state index in [1.165, 1.54) is 38.8 Å². The van der Waals surface area contributed by atoms with E-state index in [-0.39, 0.29) is 5.92 Å². The van der Waals surface area contributed by atoms with Gasteiger partial charge in [0.15, 0.2) is 0 Å². The molecule has 0 aliphatic rings. The molecule has 1 N–H and O–H groups in total. The van der Waals surface area contributed by atoms with Gasteiger partial charge in [-0.2, -0.15) is 0 Å². The predicted molar refractivity (Wildman–Crippen MR) is 166 cm³/mol. The molecule has 0 atom stereocenters. The van der Waals surface area contributed by atoms with Crippen LogP contribution in [-0.2, 0) is 0 Å². The Hall–Kier alpha value is -3.46. The molecule has 4 aromatic rings. The zero-order chi connectivity index (χ0) is 26.8. The molecule has 0 aliphatic heterocycles. The Morgan fingerprint density at radius 3 is 1.41 bits per heavy atom. The van der Waals surface area contributed by atoms with E-state index in [1.54, 1.807) is 0 Å². The van der Waals surface area contributed by atoms with Crippen molar-refractivity contribution in [3.63, 3.8) is 0 Å². The lowest BCUT2D eigenvalue weighted by Gasteiger charge is -2.26. The standard InChI is InChI=1S/C32H39N3.C2H6/c1-6-34(7-2)26-18-14-24(15-19-26)32(25-16-20-27(21-17-25)35(8-3)9-4)30-22-23-31(33-5)29-13-11-10-12-28(29)30;1-2/h10-23,32-33H,6-9H2,1-5H3;1-2H3. The van der Waals surface area contributed by atoms with Gasteiger partial charge in [0.2, 0.25) is 0 Å². The summed E-state index contributed by atoms with van der Waals surface area (Å²) in [6.07, 6.45) is 0. The average Bonchev–Trinajstić information content (AvgIpc) is 2.97. The molecule has 0 unspecified atom stereocenters. The SMILES string of the molecule is CC.CCN(CC)c1ccc(C(c2ccc(N(CC)CC)cc2)c2ccc(NC)c3ccccc23)cc1. The van der Waals surface area contributed by atoms with Crippen LogP contribution in [0.25, 0.3) is 10.8 Å². The molecule has 196 valence electrons. The molecule has 0 saturated heterocycles. The molecule has 0 radical (unpaired) electrons. The van der Waals surface area contributed by atoms with Crippen molar-refractivity contribution in [3.8, 4) is 0 Å². The normalized spacial score (nSPS) is 10.7. The minimum atomic E-state index is 0.155. The molecular formula is C34H45N3. The third kappa shape index (κ3) is 6.10. The van der Waals surface area contributed by atoms with Crippen LogP contribution >= 0.6 is 0 Å². The highest BCUT2D eigenvalue weighted by Gasteiger charge is 2.21. The molecule has 0 bridgehead atoms. The Labute approximate surface area is 225 Å². The van der Waals surface area contributed by atoms with Gasteiger partial charge in [-0.05, 0) is 80.1 Å². The van der Waals surface area contributed by atoms with Crippen LogP contribution in [-0.4, -0.2) is 33.2 Å². The minimum absolute atomic E-state index is 0.155. The van der Waals surface area contributed by atoms with Gasteiger partial charge < -0.3 is 15.1 Å². The van der Waals surface area contributed by atoms with Gasteiger partial charge in [-0.3, -0.25) is 0 Å². The van der Waals surface area contributed by atoms with Crippen LogP contribution in [0.15, 0.2) is 84.9 Å². The quantitative estimate of drug-likeness (QED) is 0.222. The van der Waals surface area contributed by atoms with E-state index >= 15 is 0 Å². The Balaban J connectivity index is 0.00000186. The molecule has 0 aromatic heterocycles. The first-order valence-electron chi connectivity index (χ1n) is 14.0. The fourth-order valence-corrected chi connectivity index (χ4v) is 5.28. The van der Waals surface area contributed by atoms with Gasteiger partial charge in [0.25, 0.3) is 0 Å². The molecule has 3 nitrogen and oxygen atoms in total. The molecule has 0 heterocycles.